The van der Waals surface area contributed by atoms with Crippen LogP contribution in [0.3, 0.4) is 0 Å². The second kappa shape index (κ2) is 4.21. The molecule has 0 bridgehead atoms. The number of aliphatic carboxylic acids is 1. The van der Waals surface area contributed by atoms with Crippen molar-refractivity contribution in [2.45, 2.75) is 25.2 Å². The summed E-state index contributed by atoms with van der Waals surface area (Å²) in [5, 5.41) is 20.5. The standard InChI is InChI=1S/C12H12N4O2/c17-11(18)7-8-2-1-3-10(6-8)16-12(9-4-5-9)13-14-15-16/h1-3,6,9H,4-5,7H2,(H,17,18). The molecule has 0 radical (unpaired) electrons. The minimum Gasteiger partial charge on any atom is -0.481 e. The molecule has 0 unspecified atom stereocenters. The Morgan fingerprint density at radius 3 is 3.00 bits per heavy atom. The van der Waals surface area contributed by atoms with Crippen LogP contribution in [0.1, 0.15) is 30.1 Å². The zero-order valence-corrected chi connectivity index (χ0v) is 9.65. The van der Waals surface area contributed by atoms with E-state index in [0.29, 0.717) is 5.92 Å². The van der Waals surface area contributed by atoms with Crippen molar-refractivity contribution in [3.05, 3.63) is 35.7 Å². The predicted molar refractivity (Wildman–Crippen MR) is 62.5 cm³/mol. The van der Waals surface area contributed by atoms with Gasteiger partial charge in [0.05, 0.1) is 12.1 Å². The molecule has 2 aromatic rings. The fraction of sp³-hybridized carbons (Fsp3) is 0.333. The highest BCUT2D eigenvalue weighted by molar-refractivity contribution is 5.70. The van der Waals surface area contributed by atoms with Gasteiger partial charge in [-0.2, -0.15) is 4.68 Å². The molecule has 0 spiro atoms. The monoisotopic (exact) mass is 244 g/mol. The van der Waals surface area contributed by atoms with E-state index in [9.17, 15) is 4.79 Å². The number of aromatic nitrogens is 4. The molecule has 0 aliphatic heterocycles. The first-order valence-corrected chi connectivity index (χ1v) is 5.83. The maximum Gasteiger partial charge on any atom is 0.307 e. The largest absolute Gasteiger partial charge is 0.481 e. The van der Waals surface area contributed by atoms with Gasteiger partial charge in [-0.1, -0.05) is 12.1 Å². The molecule has 0 amide bonds. The zero-order chi connectivity index (χ0) is 12.5. The van der Waals surface area contributed by atoms with Gasteiger partial charge in [0.15, 0.2) is 5.82 Å². The van der Waals surface area contributed by atoms with E-state index in [0.717, 1.165) is 29.9 Å². The van der Waals surface area contributed by atoms with Crippen LogP contribution < -0.4 is 0 Å². The van der Waals surface area contributed by atoms with E-state index in [-0.39, 0.29) is 6.42 Å². The van der Waals surface area contributed by atoms with E-state index >= 15 is 0 Å². The van der Waals surface area contributed by atoms with Crippen molar-refractivity contribution in [3.8, 4) is 5.69 Å². The van der Waals surface area contributed by atoms with Crippen molar-refractivity contribution in [2.75, 3.05) is 0 Å². The molecule has 1 fully saturated rings. The summed E-state index contributed by atoms with van der Waals surface area (Å²) >= 11 is 0. The third-order valence-corrected chi connectivity index (χ3v) is 2.95. The van der Waals surface area contributed by atoms with E-state index in [1.54, 1.807) is 10.7 Å². The lowest BCUT2D eigenvalue weighted by atomic mass is 10.1. The summed E-state index contributed by atoms with van der Waals surface area (Å²) in [6, 6.07) is 7.31. The van der Waals surface area contributed by atoms with Gasteiger partial charge < -0.3 is 5.11 Å². The van der Waals surface area contributed by atoms with Crippen LogP contribution in [-0.2, 0) is 11.2 Å². The van der Waals surface area contributed by atoms with Crippen molar-refractivity contribution >= 4 is 5.97 Å². The molecule has 1 aliphatic rings. The average molecular weight is 244 g/mol. The van der Waals surface area contributed by atoms with Gasteiger partial charge in [-0.3, -0.25) is 4.79 Å². The minimum atomic E-state index is -0.841. The highest BCUT2D eigenvalue weighted by Gasteiger charge is 2.29. The van der Waals surface area contributed by atoms with Gasteiger partial charge in [0.25, 0.3) is 0 Å². The molecule has 1 heterocycles. The number of rotatable bonds is 4. The second-order valence-electron chi connectivity index (χ2n) is 4.46. The summed E-state index contributed by atoms with van der Waals surface area (Å²) in [5.74, 6) is 0.469. The van der Waals surface area contributed by atoms with Crippen molar-refractivity contribution < 1.29 is 9.90 Å². The van der Waals surface area contributed by atoms with E-state index in [4.69, 9.17) is 5.11 Å². The first kappa shape index (κ1) is 10.9. The molecule has 1 aliphatic carbocycles. The molecule has 0 atom stereocenters. The number of carbonyl (C=O) groups is 1. The molecule has 92 valence electrons. The normalized spacial score (nSPS) is 14.7. The molecular formula is C12H12N4O2. The Labute approximate surface area is 103 Å². The Balaban J connectivity index is 1.95. The summed E-state index contributed by atoms with van der Waals surface area (Å²) in [4.78, 5) is 10.7. The number of benzene rings is 1. The predicted octanol–water partition coefficient (Wildman–Crippen LogP) is 1.17. The summed E-state index contributed by atoms with van der Waals surface area (Å²) in [5.41, 5.74) is 1.57. The lowest BCUT2D eigenvalue weighted by molar-refractivity contribution is -0.136. The summed E-state index contributed by atoms with van der Waals surface area (Å²) in [7, 11) is 0. The summed E-state index contributed by atoms with van der Waals surface area (Å²) in [6.07, 6.45) is 2.25. The molecule has 1 aromatic heterocycles. The number of hydrogen-bond acceptors (Lipinski definition) is 4. The Morgan fingerprint density at radius 1 is 1.44 bits per heavy atom. The maximum atomic E-state index is 10.7. The van der Waals surface area contributed by atoms with E-state index in [2.05, 4.69) is 15.5 Å². The lowest BCUT2D eigenvalue weighted by Gasteiger charge is -2.05. The first-order chi connectivity index (χ1) is 8.74. The molecule has 18 heavy (non-hydrogen) atoms. The topological polar surface area (TPSA) is 80.9 Å². The van der Waals surface area contributed by atoms with Crippen LogP contribution in [0.25, 0.3) is 5.69 Å². The van der Waals surface area contributed by atoms with E-state index in [1.165, 1.54) is 0 Å². The Morgan fingerprint density at radius 2 is 2.28 bits per heavy atom. The quantitative estimate of drug-likeness (QED) is 0.873. The van der Waals surface area contributed by atoms with Crippen LogP contribution >= 0.6 is 0 Å². The molecule has 1 aromatic carbocycles. The van der Waals surface area contributed by atoms with Crippen LogP contribution in [0, 0.1) is 0 Å². The van der Waals surface area contributed by atoms with Crippen molar-refractivity contribution in [1.82, 2.24) is 20.2 Å². The van der Waals surface area contributed by atoms with Gasteiger partial charge in [-0.05, 0) is 41.0 Å². The fourth-order valence-corrected chi connectivity index (χ4v) is 1.95. The summed E-state index contributed by atoms with van der Waals surface area (Å²) in [6.45, 7) is 0. The van der Waals surface area contributed by atoms with Crippen LogP contribution in [0.2, 0.25) is 0 Å². The molecule has 1 saturated carbocycles. The van der Waals surface area contributed by atoms with E-state index in [1.807, 2.05) is 18.2 Å². The summed E-state index contributed by atoms with van der Waals surface area (Å²) < 4.78 is 1.70. The van der Waals surface area contributed by atoms with Crippen molar-refractivity contribution in [3.63, 3.8) is 0 Å². The van der Waals surface area contributed by atoms with Crippen LogP contribution in [0.15, 0.2) is 24.3 Å². The Bertz CT molecular complexity index is 589. The fourth-order valence-electron chi connectivity index (χ4n) is 1.95. The number of nitrogens with zero attached hydrogens (tertiary/aromatic N) is 4. The first-order valence-electron chi connectivity index (χ1n) is 5.83. The van der Waals surface area contributed by atoms with E-state index < -0.39 is 5.97 Å². The van der Waals surface area contributed by atoms with Crippen molar-refractivity contribution in [2.24, 2.45) is 0 Å². The highest BCUT2D eigenvalue weighted by atomic mass is 16.4. The molecule has 6 heteroatoms. The number of hydrogen-bond donors (Lipinski definition) is 1. The molecule has 3 rings (SSSR count). The molecule has 0 saturated heterocycles. The van der Waals surface area contributed by atoms with Gasteiger partial charge in [-0.15, -0.1) is 5.10 Å². The number of carboxylic acid groups (broad SMARTS) is 1. The van der Waals surface area contributed by atoms with Crippen LogP contribution in [0.4, 0.5) is 0 Å². The third kappa shape index (κ3) is 2.09. The van der Waals surface area contributed by atoms with Gasteiger partial charge in [0, 0.05) is 5.92 Å². The van der Waals surface area contributed by atoms with Crippen LogP contribution in [0.5, 0.6) is 0 Å². The van der Waals surface area contributed by atoms with Crippen LogP contribution in [-0.4, -0.2) is 31.3 Å². The maximum absolute atomic E-state index is 10.7. The minimum absolute atomic E-state index is 0.00866. The third-order valence-electron chi connectivity index (χ3n) is 2.95. The molecule has 6 nitrogen and oxygen atoms in total. The Kier molecular flexibility index (Phi) is 2.55. The van der Waals surface area contributed by atoms with Crippen molar-refractivity contribution in [1.29, 1.82) is 0 Å². The van der Waals surface area contributed by atoms with Gasteiger partial charge in [0.2, 0.25) is 0 Å². The van der Waals surface area contributed by atoms with Gasteiger partial charge in [-0.25, -0.2) is 0 Å². The Hall–Kier alpha value is -2.24. The second-order valence-corrected chi connectivity index (χ2v) is 4.46. The number of tetrazole rings is 1. The zero-order valence-electron chi connectivity index (χ0n) is 9.65. The molecule has 1 N–H and O–H groups in total. The van der Waals surface area contributed by atoms with Gasteiger partial charge in [0.1, 0.15) is 0 Å². The average Bonchev–Trinajstić information content (AvgIpc) is 3.06. The lowest BCUT2D eigenvalue weighted by Crippen LogP contribution is -2.04. The molecular weight excluding hydrogens is 232 g/mol. The SMILES string of the molecule is O=C(O)Cc1cccc(-n2nnnc2C2CC2)c1. The smallest absolute Gasteiger partial charge is 0.307 e. The van der Waals surface area contributed by atoms with Gasteiger partial charge >= 0.3 is 5.97 Å². The number of carboxylic acids is 1. The highest BCUT2D eigenvalue weighted by Crippen LogP contribution is 2.39.